The topological polar surface area (TPSA) is 74.1 Å². The van der Waals surface area contributed by atoms with Crippen molar-refractivity contribution in [2.45, 2.75) is 18.7 Å². The van der Waals surface area contributed by atoms with E-state index in [1.54, 1.807) is 30.6 Å². The van der Waals surface area contributed by atoms with Crippen LogP contribution in [0.2, 0.25) is 0 Å². The molecule has 0 N–H and O–H groups in total. The van der Waals surface area contributed by atoms with Crippen molar-refractivity contribution in [2.24, 2.45) is 0 Å². The first kappa shape index (κ1) is 12.6. The van der Waals surface area contributed by atoms with Crippen LogP contribution in [-0.4, -0.2) is 30.0 Å². The van der Waals surface area contributed by atoms with Crippen LogP contribution in [0.3, 0.4) is 0 Å². The van der Waals surface area contributed by atoms with Crippen molar-refractivity contribution in [2.75, 3.05) is 7.05 Å². The van der Waals surface area contributed by atoms with Crippen molar-refractivity contribution >= 4 is 10.0 Å². The molecular formula is C10H13N3O2S. The third-order valence-electron chi connectivity index (χ3n) is 2.19. The Morgan fingerprint density at radius 1 is 1.62 bits per heavy atom. The lowest BCUT2D eigenvalue weighted by Gasteiger charge is -2.18. The molecule has 5 nitrogen and oxygen atoms in total. The first-order valence-corrected chi connectivity index (χ1v) is 6.22. The molecule has 0 aliphatic carbocycles. The average Bonchev–Trinajstić information content (AvgIpc) is 2.29. The highest BCUT2D eigenvalue weighted by molar-refractivity contribution is 7.89. The van der Waals surface area contributed by atoms with Crippen molar-refractivity contribution in [3.8, 4) is 6.07 Å². The van der Waals surface area contributed by atoms with E-state index in [0.29, 0.717) is 0 Å². The Hall–Kier alpha value is -1.45. The minimum Gasteiger partial charge on any atom is -0.264 e. The van der Waals surface area contributed by atoms with Gasteiger partial charge in [-0.25, -0.2) is 8.42 Å². The Morgan fingerprint density at radius 3 is 2.81 bits per heavy atom. The van der Waals surface area contributed by atoms with E-state index >= 15 is 0 Å². The van der Waals surface area contributed by atoms with E-state index in [1.807, 2.05) is 0 Å². The van der Waals surface area contributed by atoms with Crippen LogP contribution in [0.5, 0.6) is 0 Å². The fraction of sp³-hybridized carbons (Fsp3) is 0.400. The van der Waals surface area contributed by atoms with Gasteiger partial charge in [-0.05, 0) is 18.6 Å². The molecule has 6 heteroatoms. The molecule has 0 bridgehead atoms. The highest BCUT2D eigenvalue weighted by Crippen LogP contribution is 2.10. The maximum atomic E-state index is 11.7. The van der Waals surface area contributed by atoms with Gasteiger partial charge in [0.25, 0.3) is 0 Å². The third-order valence-corrected chi connectivity index (χ3v) is 4.19. The van der Waals surface area contributed by atoms with Crippen LogP contribution in [-0.2, 0) is 16.6 Å². The SMILES string of the molecule is CC(C#N)S(=O)(=O)N(C)Cc1cccnc1. The van der Waals surface area contributed by atoms with Crippen LogP contribution in [0.15, 0.2) is 24.5 Å². The molecule has 86 valence electrons. The maximum Gasteiger partial charge on any atom is 0.230 e. The summed E-state index contributed by atoms with van der Waals surface area (Å²) in [6.45, 7) is 1.59. The standard InChI is InChI=1S/C10H13N3O2S/c1-9(6-11)16(14,15)13(2)8-10-4-3-5-12-7-10/h3-5,7,9H,8H2,1-2H3. The van der Waals surface area contributed by atoms with Gasteiger partial charge in [-0.1, -0.05) is 6.07 Å². The summed E-state index contributed by atoms with van der Waals surface area (Å²) in [5.41, 5.74) is 0.790. The lowest BCUT2D eigenvalue weighted by molar-refractivity contribution is 0.462. The highest BCUT2D eigenvalue weighted by Gasteiger charge is 2.25. The molecule has 1 aromatic heterocycles. The second kappa shape index (κ2) is 5.05. The quantitative estimate of drug-likeness (QED) is 0.777. The number of rotatable bonds is 4. The number of sulfonamides is 1. The molecule has 1 rings (SSSR count). The van der Waals surface area contributed by atoms with Crippen molar-refractivity contribution in [1.82, 2.24) is 9.29 Å². The fourth-order valence-electron chi connectivity index (χ4n) is 1.18. The number of pyridine rings is 1. The van der Waals surface area contributed by atoms with Crippen LogP contribution in [0.4, 0.5) is 0 Å². The first-order chi connectivity index (χ1) is 7.48. The van der Waals surface area contributed by atoms with E-state index in [1.165, 1.54) is 14.0 Å². The Labute approximate surface area is 95.4 Å². The monoisotopic (exact) mass is 239 g/mol. The van der Waals surface area contributed by atoms with Crippen molar-refractivity contribution in [3.05, 3.63) is 30.1 Å². The lowest BCUT2D eigenvalue weighted by atomic mass is 10.3. The Kier molecular flexibility index (Phi) is 3.99. The fourth-order valence-corrected chi connectivity index (χ4v) is 2.18. The molecule has 0 spiro atoms. The number of hydrogen-bond donors (Lipinski definition) is 0. The zero-order chi connectivity index (χ0) is 12.2. The molecule has 0 saturated heterocycles. The van der Waals surface area contributed by atoms with Crippen molar-refractivity contribution < 1.29 is 8.42 Å². The van der Waals surface area contributed by atoms with Gasteiger partial charge in [0.05, 0.1) is 6.07 Å². The summed E-state index contributed by atoms with van der Waals surface area (Å²) in [5.74, 6) is 0. The predicted octanol–water partition coefficient (Wildman–Crippen LogP) is 0.755. The summed E-state index contributed by atoms with van der Waals surface area (Å²) < 4.78 is 24.7. The van der Waals surface area contributed by atoms with Gasteiger partial charge in [0, 0.05) is 26.0 Å². The minimum atomic E-state index is -3.54. The third kappa shape index (κ3) is 2.78. The van der Waals surface area contributed by atoms with E-state index in [9.17, 15) is 8.42 Å². The van der Waals surface area contributed by atoms with Gasteiger partial charge in [0.15, 0.2) is 5.25 Å². The molecule has 16 heavy (non-hydrogen) atoms. The summed E-state index contributed by atoms with van der Waals surface area (Å²) in [7, 11) is -2.09. The van der Waals surface area contributed by atoms with Gasteiger partial charge < -0.3 is 0 Å². The molecule has 0 aromatic carbocycles. The predicted molar refractivity (Wildman–Crippen MR) is 59.7 cm³/mol. The van der Waals surface area contributed by atoms with Crippen LogP contribution in [0, 0.1) is 11.3 Å². The van der Waals surface area contributed by atoms with E-state index in [4.69, 9.17) is 5.26 Å². The minimum absolute atomic E-state index is 0.224. The van der Waals surface area contributed by atoms with Gasteiger partial charge in [0.2, 0.25) is 10.0 Å². The zero-order valence-electron chi connectivity index (χ0n) is 9.16. The average molecular weight is 239 g/mol. The lowest BCUT2D eigenvalue weighted by Crippen LogP contribution is -2.33. The Balaban J connectivity index is 2.82. The molecule has 1 atom stereocenters. The van der Waals surface area contributed by atoms with Gasteiger partial charge >= 0.3 is 0 Å². The van der Waals surface area contributed by atoms with Gasteiger partial charge in [-0.15, -0.1) is 0 Å². The van der Waals surface area contributed by atoms with Crippen LogP contribution >= 0.6 is 0 Å². The second-order valence-electron chi connectivity index (χ2n) is 3.43. The highest BCUT2D eigenvalue weighted by atomic mass is 32.2. The van der Waals surface area contributed by atoms with E-state index in [-0.39, 0.29) is 6.54 Å². The molecule has 0 saturated carbocycles. The molecule has 0 radical (unpaired) electrons. The van der Waals surface area contributed by atoms with E-state index < -0.39 is 15.3 Å². The zero-order valence-corrected chi connectivity index (χ0v) is 9.98. The smallest absolute Gasteiger partial charge is 0.230 e. The largest absolute Gasteiger partial charge is 0.264 e. The van der Waals surface area contributed by atoms with Crippen molar-refractivity contribution in [1.29, 1.82) is 5.26 Å². The molecule has 0 amide bonds. The van der Waals surface area contributed by atoms with Gasteiger partial charge in [-0.3, -0.25) is 4.98 Å². The van der Waals surface area contributed by atoms with Crippen LogP contribution < -0.4 is 0 Å². The molecule has 1 unspecified atom stereocenters. The van der Waals surface area contributed by atoms with Crippen LogP contribution in [0.25, 0.3) is 0 Å². The molecule has 1 heterocycles. The second-order valence-corrected chi connectivity index (χ2v) is 5.79. The normalized spacial score (nSPS) is 13.4. The molecule has 0 aliphatic heterocycles. The summed E-state index contributed by atoms with van der Waals surface area (Å²) in [6.07, 6.45) is 3.22. The van der Waals surface area contributed by atoms with Crippen LogP contribution in [0.1, 0.15) is 12.5 Å². The Morgan fingerprint density at radius 2 is 2.31 bits per heavy atom. The summed E-state index contributed by atoms with van der Waals surface area (Å²) in [5, 5.41) is 7.58. The van der Waals surface area contributed by atoms with E-state index in [0.717, 1.165) is 9.87 Å². The summed E-state index contributed by atoms with van der Waals surface area (Å²) in [6, 6.07) is 5.25. The number of aromatic nitrogens is 1. The number of nitriles is 1. The molecular weight excluding hydrogens is 226 g/mol. The molecule has 0 fully saturated rings. The van der Waals surface area contributed by atoms with Gasteiger partial charge in [-0.2, -0.15) is 9.57 Å². The van der Waals surface area contributed by atoms with E-state index in [2.05, 4.69) is 4.98 Å². The summed E-state index contributed by atoms with van der Waals surface area (Å²) >= 11 is 0. The van der Waals surface area contributed by atoms with Crippen molar-refractivity contribution in [3.63, 3.8) is 0 Å². The first-order valence-electron chi connectivity index (χ1n) is 4.72. The number of hydrogen-bond acceptors (Lipinski definition) is 4. The Bertz CT molecular complexity index is 479. The van der Waals surface area contributed by atoms with Gasteiger partial charge in [0.1, 0.15) is 0 Å². The maximum absolute atomic E-state index is 11.7. The molecule has 0 aliphatic rings. The molecule has 1 aromatic rings. The number of nitrogens with zero attached hydrogens (tertiary/aromatic N) is 3. The summed E-state index contributed by atoms with van der Waals surface area (Å²) in [4.78, 5) is 3.90.